The van der Waals surface area contributed by atoms with Crippen molar-refractivity contribution >= 4 is 16.9 Å². The zero-order valence-electron chi connectivity index (χ0n) is 17.7. The van der Waals surface area contributed by atoms with E-state index >= 15 is 0 Å². The Hall–Kier alpha value is -3.60. The van der Waals surface area contributed by atoms with E-state index in [9.17, 15) is 9.59 Å². The predicted octanol–water partition coefficient (Wildman–Crippen LogP) is 5.56. The molecule has 0 N–H and O–H groups in total. The van der Waals surface area contributed by atoms with Gasteiger partial charge < -0.3 is 13.7 Å². The third kappa shape index (κ3) is 3.17. The Morgan fingerprint density at radius 2 is 1.81 bits per heavy atom. The van der Waals surface area contributed by atoms with Crippen LogP contribution in [0.3, 0.4) is 0 Å². The first-order chi connectivity index (χ1) is 14.9. The van der Waals surface area contributed by atoms with Crippen molar-refractivity contribution in [2.24, 2.45) is 0 Å². The molecule has 1 aliphatic rings. The van der Waals surface area contributed by atoms with Gasteiger partial charge in [-0.15, -0.1) is 0 Å². The number of rotatable bonds is 4. The number of nitrogens with zero attached hydrogens (tertiary/aromatic N) is 1. The van der Waals surface area contributed by atoms with Gasteiger partial charge in [0.15, 0.2) is 5.43 Å². The zero-order valence-corrected chi connectivity index (χ0v) is 17.7. The van der Waals surface area contributed by atoms with Crippen molar-refractivity contribution in [3.63, 3.8) is 0 Å². The predicted molar refractivity (Wildman–Crippen MR) is 118 cm³/mol. The van der Waals surface area contributed by atoms with E-state index in [1.54, 1.807) is 23.3 Å². The average Bonchev–Trinajstić information content (AvgIpc) is 3.36. The minimum Gasteiger partial charge on any atom is -0.467 e. The number of aryl methyl sites for hydroxylation is 1. The van der Waals surface area contributed by atoms with Gasteiger partial charge in [0.05, 0.1) is 29.8 Å². The molecule has 5 heteroatoms. The van der Waals surface area contributed by atoms with Crippen LogP contribution in [0.1, 0.15) is 64.4 Å². The van der Waals surface area contributed by atoms with Crippen molar-refractivity contribution in [2.45, 2.75) is 39.3 Å². The Morgan fingerprint density at radius 3 is 2.48 bits per heavy atom. The second-order valence-corrected chi connectivity index (χ2v) is 8.41. The maximum Gasteiger partial charge on any atom is 0.291 e. The zero-order chi connectivity index (χ0) is 21.7. The minimum atomic E-state index is -0.532. The summed E-state index contributed by atoms with van der Waals surface area (Å²) in [5.41, 5.74) is 3.71. The van der Waals surface area contributed by atoms with Gasteiger partial charge in [-0.2, -0.15) is 0 Å². The van der Waals surface area contributed by atoms with Crippen molar-refractivity contribution < 1.29 is 13.6 Å². The molecular weight excluding hydrogens is 390 g/mol. The summed E-state index contributed by atoms with van der Waals surface area (Å²) in [7, 11) is 0. The number of benzene rings is 2. The largest absolute Gasteiger partial charge is 0.467 e. The molecule has 0 radical (unpaired) electrons. The normalized spacial score (nSPS) is 15.8. The number of carbonyl (C=O) groups is 1. The van der Waals surface area contributed by atoms with E-state index in [0.29, 0.717) is 28.2 Å². The molecule has 2 aromatic heterocycles. The molecule has 5 rings (SSSR count). The highest BCUT2D eigenvalue weighted by Crippen LogP contribution is 2.39. The second-order valence-electron chi connectivity index (χ2n) is 8.41. The lowest BCUT2D eigenvalue weighted by Crippen LogP contribution is -2.29. The van der Waals surface area contributed by atoms with E-state index in [0.717, 1.165) is 11.1 Å². The van der Waals surface area contributed by atoms with E-state index in [1.165, 1.54) is 5.56 Å². The van der Waals surface area contributed by atoms with Gasteiger partial charge in [-0.3, -0.25) is 9.59 Å². The molecule has 3 heterocycles. The van der Waals surface area contributed by atoms with Crippen LogP contribution in [0.4, 0.5) is 0 Å². The maximum atomic E-state index is 13.6. The van der Waals surface area contributed by atoms with Gasteiger partial charge in [-0.25, -0.2) is 0 Å². The molecule has 0 unspecified atom stereocenters. The molecule has 31 heavy (non-hydrogen) atoms. The fraction of sp³-hybridized carbons (Fsp3) is 0.231. The molecule has 0 aliphatic carbocycles. The monoisotopic (exact) mass is 413 g/mol. The highest BCUT2D eigenvalue weighted by Gasteiger charge is 2.43. The third-order valence-electron chi connectivity index (χ3n) is 5.95. The van der Waals surface area contributed by atoms with Crippen molar-refractivity contribution in [1.82, 2.24) is 4.90 Å². The molecule has 1 atom stereocenters. The van der Waals surface area contributed by atoms with Gasteiger partial charge in [0.1, 0.15) is 11.3 Å². The molecule has 1 amide bonds. The lowest BCUT2D eigenvalue weighted by atomic mass is 9.95. The molecule has 5 nitrogen and oxygen atoms in total. The lowest BCUT2D eigenvalue weighted by Gasteiger charge is -2.24. The standard InChI is InChI=1S/C26H23NO4/c1-15(2)17-7-9-18(10-8-17)23-22-24(28)20-13-16(3)6-11-21(20)31-25(22)26(29)27(23)14-19-5-4-12-30-19/h4-13,15,23H,14H2,1-3H3/t23-/m0/s1. The quantitative estimate of drug-likeness (QED) is 0.439. The van der Waals surface area contributed by atoms with Gasteiger partial charge >= 0.3 is 0 Å². The average molecular weight is 413 g/mol. The topological polar surface area (TPSA) is 63.7 Å². The Kier molecular flexibility index (Phi) is 4.54. The van der Waals surface area contributed by atoms with Crippen LogP contribution in [0.25, 0.3) is 11.0 Å². The van der Waals surface area contributed by atoms with Crippen LogP contribution in [0.2, 0.25) is 0 Å². The van der Waals surface area contributed by atoms with Gasteiger partial charge in [-0.05, 0) is 48.2 Å². The molecule has 1 aliphatic heterocycles. The van der Waals surface area contributed by atoms with E-state index in [4.69, 9.17) is 8.83 Å². The summed E-state index contributed by atoms with van der Waals surface area (Å²) in [6.07, 6.45) is 1.58. The molecule has 0 bridgehead atoms. The van der Waals surface area contributed by atoms with E-state index < -0.39 is 6.04 Å². The SMILES string of the molecule is Cc1ccc2oc3c(c(=O)c2c1)[C@H](c1ccc(C(C)C)cc1)N(Cc1ccco1)C3=O. The highest BCUT2D eigenvalue weighted by molar-refractivity contribution is 5.99. The summed E-state index contributed by atoms with van der Waals surface area (Å²) in [6.45, 7) is 6.45. The van der Waals surface area contributed by atoms with E-state index in [1.807, 2.05) is 37.3 Å². The van der Waals surface area contributed by atoms with Gasteiger partial charge in [0.25, 0.3) is 5.91 Å². The third-order valence-corrected chi connectivity index (χ3v) is 5.95. The van der Waals surface area contributed by atoms with Crippen LogP contribution in [-0.2, 0) is 6.54 Å². The Bertz CT molecular complexity index is 1330. The Balaban J connectivity index is 1.72. The molecule has 4 aromatic rings. The highest BCUT2D eigenvalue weighted by atomic mass is 16.3. The van der Waals surface area contributed by atoms with Crippen LogP contribution < -0.4 is 5.43 Å². The van der Waals surface area contributed by atoms with Gasteiger partial charge in [-0.1, -0.05) is 49.7 Å². The second kappa shape index (κ2) is 7.27. The molecule has 156 valence electrons. The number of hydrogen-bond donors (Lipinski definition) is 0. The minimum absolute atomic E-state index is 0.117. The van der Waals surface area contributed by atoms with Crippen LogP contribution in [-0.4, -0.2) is 10.8 Å². The summed E-state index contributed by atoms with van der Waals surface area (Å²) >= 11 is 0. The number of amides is 1. The summed E-state index contributed by atoms with van der Waals surface area (Å²) < 4.78 is 11.5. The summed E-state index contributed by atoms with van der Waals surface area (Å²) in [4.78, 5) is 28.6. The maximum absolute atomic E-state index is 13.6. The first kappa shape index (κ1) is 19.4. The summed E-state index contributed by atoms with van der Waals surface area (Å²) in [5, 5.41) is 0.496. The van der Waals surface area contributed by atoms with Crippen molar-refractivity contribution in [3.8, 4) is 0 Å². The molecule has 0 saturated carbocycles. The van der Waals surface area contributed by atoms with Gasteiger partial charge in [0, 0.05) is 0 Å². The Morgan fingerprint density at radius 1 is 1.03 bits per heavy atom. The lowest BCUT2D eigenvalue weighted by molar-refractivity contribution is 0.0701. The van der Waals surface area contributed by atoms with Gasteiger partial charge in [0.2, 0.25) is 5.76 Å². The molecule has 0 fully saturated rings. The molecule has 2 aromatic carbocycles. The van der Waals surface area contributed by atoms with Crippen LogP contribution >= 0.6 is 0 Å². The van der Waals surface area contributed by atoms with Crippen LogP contribution in [0.15, 0.2) is 74.5 Å². The smallest absolute Gasteiger partial charge is 0.291 e. The summed E-state index contributed by atoms with van der Waals surface area (Å²) in [5.74, 6) is 0.857. The number of carbonyl (C=O) groups excluding carboxylic acids is 1. The first-order valence-electron chi connectivity index (χ1n) is 10.4. The molecule has 0 spiro atoms. The van der Waals surface area contributed by atoms with Crippen molar-refractivity contribution in [1.29, 1.82) is 0 Å². The van der Waals surface area contributed by atoms with Crippen molar-refractivity contribution in [2.75, 3.05) is 0 Å². The first-order valence-corrected chi connectivity index (χ1v) is 10.4. The number of fused-ring (bicyclic) bond motifs is 2. The van der Waals surface area contributed by atoms with Crippen LogP contribution in [0.5, 0.6) is 0 Å². The van der Waals surface area contributed by atoms with Crippen LogP contribution in [0, 0.1) is 6.92 Å². The summed E-state index contributed by atoms with van der Waals surface area (Å²) in [6, 6.07) is 16.6. The molecule has 0 saturated heterocycles. The Labute approximate surface area is 179 Å². The number of furan rings is 1. The van der Waals surface area contributed by atoms with E-state index in [-0.39, 0.29) is 23.6 Å². The molecular formula is C26H23NO4. The van der Waals surface area contributed by atoms with Crippen molar-refractivity contribution in [3.05, 3.63) is 105 Å². The fourth-order valence-corrected chi connectivity index (χ4v) is 4.28. The number of hydrogen-bond acceptors (Lipinski definition) is 4. The fourth-order valence-electron chi connectivity index (χ4n) is 4.28. The van der Waals surface area contributed by atoms with E-state index in [2.05, 4.69) is 26.0 Å².